The van der Waals surface area contributed by atoms with Crippen LogP contribution in [0.3, 0.4) is 0 Å². The van der Waals surface area contributed by atoms with Gasteiger partial charge in [0.05, 0.1) is 16.9 Å². The molecule has 1 saturated heterocycles. The number of rotatable bonds is 4. The molecule has 3 aromatic rings. The number of carbonyl (C=O) groups is 2. The number of nitrogens with one attached hydrogen (secondary N) is 3. The van der Waals surface area contributed by atoms with Crippen LogP contribution in [0.25, 0.3) is 23.1 Å². The van der Waals surface area contributed by atoms with Gasteiger partial charge >= 0.3 is 0 Å². The SMILES string of the molecule is O=C1CC[C@@H](C(=O)Nc2cc3c(C=Cc4cccs4)n[nH]c3cc2F)N1. The third-order valence-electron chi connectivity index (χ3n) is 4.20. The van der Waals surface area contributed by atoms with Crippen molar-refractivity contribution in [2.24, 2.45) is 0 Å². The Kier molecular flexibility index (Phi) is 4.26. The number of anilines is 1. The number of nitrogens with zero attached hydrogens (tertiary/aromatic N) is 1. The van der Waals surface area contributed by atoms with Crippen molar-refractivity contribution in [2.75, 3.05) is 5.32 Å². The van der Waals surface area contributed by atoms with Crippen molar-refractivity contribution in [1.82, 2.24) is 15.5 Å². The van der Waals surface area contributed by atoms with Crippen molar-refractivity contribution < 1.29 is 14.0 Å². The van der Waals surface area contributed by atoms with Crippen molar-refractivity contribution in [3.63, 3.8) is 0 Å². The molecule has 2 amide bonds. The van der Waals surface area contributed by atoms with Gasteiger partial charge in [0.25, 0.3) is 0 Å². The molecule has 132 valence electrons. The summed E-state index contributed by atoms with van der Waals surface area (Å²) in [4.78, 5) is 24.5. The van der Waals surface area contributed by atoms with E-state index in [9.17, 15) is 14.0 Å². The fourth-order valence-electron chi connectivity index (χ4n) is 2.86. The summed E-state index contributed by atoms with van der Waals surface area (Å²) in [7, 11) is 0. The highest BCUT2D eigenvalue weighted by molar-refractivity contribution is 7.10. The van der Waals surface area contributed by atoms with Crippen LogP contribution in [-0.4, -0.2) is 28.1 Å². The summed E-state index contributed by atoms with van der Waals surface area (Å²) >= 11 is 1.60. The van der Waals surface area contributed by atoms with E-state index in [4.69, 9.17) is 0 Å². The molecular formula is C18H15FN4O2S. The molecule has 3 heterocycles. The van der Waals surface area contributed by atoms with Gasteiger partial charge in [-0.15, -0.1) is 11.3 Å². The molecule has 8 heteroatoms. The molecule has 3 N–H and O–H groups in total. The third-order valence-corrected chi connectivity index (χ3v) is 5.04. The molecular weight excluding hydrogens is 355 g/mol. The number of hydrogen-bond acceptors (Lipinski definition) is 4. The van der Waals surface area contributed by atoms with E-state index >= 15 is 0 Å². The van der Waals surface area contributed by atoms with Gasteiger partial charge in [-0.3, -0.25) is 14.7 Å². The molecule has 26 heavy (non-hydrogen) atoms. The summed E-state index contributed by atoms with van der Waals surface area (Å²) in [6.07, 6.45) is 4.48. The van der Waals surface area contributed by atoms with Crippen LogP contribution in [0.2, 0.25) is 0 Å². The molecule has 0 spiro atoms. The Morgan fingerprint density at radius 2 is 2.27 bits per heavy atom. The van der Waals surface area contributed by atoms with Crippen LogP contribution in [0, 0.1) is 5.82 Å². The van der Waals surface area contributed by atoms with E-state index in [-0.39, 0.29) is 11.6 Å². The molecule has 4 rings (SSSR count). The van der Waals surface area contributed by atoms with Gasteiger partial charge in [0, 0.05) is 22.8 Å². The Balaban J connectivity index is 1.61. The summed E-state index contributed by atoms with van der Waals surface area (Å²) in [5.74, 6) is -1.15. The predicted octanol–water partition coefficient (Wildman–Crippen LogP) is 3.15. The second-order valence-electron chi connectivity index (χ2n) is 5.98. The van der Waals surface area contributed by atoms with Gasteiger partial charge in [0.1, 0.15) is 11.9 Å². The zero-order chi connectivity index (χ0) is 18.1. The quantitative estimate of drug-likeness (QED) is 0.659. The second-order valence-corrected chi connectivity index (χ2v) is 6.96. The normalized spacial score (nSPS) is 17.1. The lowest BCUT2D eigenvalue weighted by atomic mass is 10.1. The van der Waals surface area contributed by atoms with Crippen LogP contribution in [0.15, 0.2) is 29.6 Å². The van der Waals surface area contributed by atoms with Crippen LogP contribution in [0.1, 0.15) is 23.4 Å². The highest BCUT2D eigenvalue weighted by Crippen LogP contribution is 2.26. The van der Waals surface area contributed by atoms with E-state index < -0.39 is 17.8 Å². The van der Waals surface area contributed by atoms with Crippen LogP contribution in [-0.2, 0) is 9.59 Å². The number of halogens is 1. The van der Waals surface area contributed by atoms with Crippen molar-refractivity contribution in [1.29, 1.82) is 0 Å². The minimum absolute atomic E-state index is 0.0656. The minimum atomic E-state index is -0.625. The number of fused-ring (bicyclic) bond motifs is 1. The first kappa shape index (κ1) is 16.5. The van der Waals surface area contributed by atoms with Gasteiger partial charge in [0.2, 0.25) is 11.8 Å². The van der Waals surface area contributed by atoms with E-state index in [2.05, 4.69) is 20.8 Å². The molecule has 1 fully saturated rings. The van der Waals surface area contributed by atoms with Crippen molar-refractivity contribution in [3.05, 3.63) is 46.0 Å². The second kappa shape index (κ2) is 6.72. The van der Waals surface area contributed by atoms with E-state index in [1.54, 1.807) is 17.4 Å². The van der Waals surface area contributed by atoms with Crippen LogP contribution in [0.4, 0.5) is 10.1 Å². The number of H-pyrrole nitrogens is 1. The molecule has 6 nitrogen and oxygen atoms in total. The molecule has 0 saturated carbocycles. The van der Waals surface area contributed by atoms with E-state index in [1.165, 1.54) is 6.07 Å². The van der Waals surface area contributed by atoms with Crippen molar-refractivity contribution in [2.45, 2.75) is 18.9 Å². The first-order chi connectivity index (χ1) is 12.6. The largest absolute Gasteiger partial charge is 0.344 e. The molecule has 0 bridgehead atoms. The monoisotopic (exact) mass is 370 g/mol. The average molecular weight is 370 g/mol. The fourth-order valence-corrected chi connectivity index (χ4v) is 3.48. The maximum atomic E-state index is 14.3. The summed E-state index contributed by atoms with van der Waals surface area (Å²) in [5, 5.41) is 14.8. The minimum Gasteiger partial charge on any atom is -0.344 e. The maximum absolute atomic E-state index is 14.3. The van der Waals surface area contributed by atoms with Crippen LogP contribution < -0.4 is 10.6 Å². The summed E-state index contributed by atoms with van der Waals surface area (Å²) < 4.78 is 14.3. The molecule has 0 aliphatic carbocycles. The lowest BCUT2D eigenvalue weighted by molar-refractivity contribution is -0.122. The topological polar surface area (TPSA) is 86.9 Å². The van der Waals surface area contributed by atoms with Crippen molar-refractivity contribution >= 4 is 51.9 Å². The zero-order valence-electron chi connectivity index (χ0n) is 13.6. The van der Waals surface area contributed by atoms with Gasteiger partial charge < -0.3 is 10.6 Å². The number of carbonyl (C=O) groups excluding carboxylic acids is 2. The number of benzene rings is 1. The van der Waals surface area contributed by atoms with Crippen LogP contribution in [0.5, 0.6) is 0 Å². The predicted molar refractivity (Wildman–Crippen MR) is 99.1 cm³/mol. The smallest absolute Gasteiger partial charge is 0.247 e. The number of amides is 2. The maximum Gasteiger partial charge on any atom is 0.247 e. The number of thiophene rings is 1. The third kappa shape index (κ3) is 3.23. The van der Waals surface area contributed by atoms with E-state index in [0.29, 0.717) is 29.4 Å². The highest BCUT2D eigenvalue weighted by atomic mass is 32.1. The number of hydrogen-bond donors (Lipinski definition) is 3. The lowest BCUT2D eigenvalue weighted by Crippen LogP contribution is -2.37. The lowest BCUT2D eigenvalue weighted by Gasteiger charge is -2.11. The zero-order valence-corrected chi connectivity index (χ0v) is 14.4. The first-order valence-corrected chi connectivity index (χ1v) is 8.97. The van der Waals surface area contributed by atoms with Crippen LogP contribution >= 0.6 is 11.3 Å². The van der Waals surface area contributed by atoms with Gasteiger partial charge in [-0.05, 0) is 36.1 Å². The van der Waals surface area contributed by atoms with Gasteiger partial charge in [-0.1, -0.05) is 6.07 Å². The average Bonchev–Trinajstić information content (AvgIpc) is 3.34. The number of aromatic nitrogens is 2. The molecule has 0 unspecified atom stereocenters. The molecule has 1 atom stereocenters. The Labute approximate surface area is 152 Å². The Bertz CT molecular complexity index is 1010. The molecule has 2 aromatic heterocycles. The summed E-state index contributed by atoms with van der Waals surface area (Å²) in [6, 6.07) is 6.17. The Morgan fingerprint density at radius 3 is 3.00 bits per heavy atom. The molecule has 1 aliphatic rings. The first-order valence-electron chi connectivity index (χ1n) is 8.09. The van der Waals surface area contributed by atoms with Gasteiger partial charge in [-0.2, -0.15) is 5.10 Å². The molecule has 1 aromatic carbocycles. The standard InChI is InChI=1S/C18H15FN4O2S/c19-12-9-15-11(13(22-23-15)4-3-10-2-1-7-26-10)8-16(12)21-18(25)14-5-6-17(24)20-14/h1-4,7-9,14H,5-6H2,(H,20,24)(H,21,25)(H,22,23)/t14-/m0/s1. The van der Waals surface area contributed by atoms with E-state index in [1.807, 2.05) is 29.7 Å². The highest BCUT2D eigenvalue weighted by Gasteiger charge is 2.27. The summed E-state index contributed by atoms with van der Waals surface area (Å²) in [6.45, 7) is 0. The number of aromatic amines is 1. The summed E-state index contributed by atoms with van der Waals surface area (Å²) in [5.41, 5.74) is 1.26. The van der Waals surface area contributed by atoms with Crippen molar-refractivity contribution in [3.8, 4) is 0 Å². The molecule has 1 aliphatic heterocycles. The Morgan fingerprint density at radius 1 is 1.38 bits per heavy atom. The van der Waals surface area contributed by atoms with E-state index in [0.717, 1.165) is 4.88 Å². The van der Waals surface area contributed by atoms with Gasteiger partial charge in [-0.25, -0.2) is 4.39 Å². The van der Waals surface area contributed by atoms with Gasteiger partial charge in [0.15, 0.2) is 0 Å². The Hall–Kier alpha value is -3.00. The fraction of sp³-hybridized carbons (Fsp3) is 0.167. The molecule has 0 radical (unpaired) electrons.